The highest BCUT2D eigenvalue weighted by molar-refractivity contribution is 5.82. The van der Waals surface area contributed by atoms with Gasteiger partial charge in [0.05, 0.1) is 5.41 Å². The predicted octanol–water partition coefficient (Wildman–Crippen LogP) is 3.56. The number of ether oxygens (including phenoxy) is 2. The number of hydrogen-bond acceptors (Lipinski definition) is 5. The van der Waals surface area contributed by atoms with E-state index in [4.69, 9.17) is 9.47 Å². The van der Waals surface area contributed by atoms with E-state index < -0.39 is 11.0 Å². The van der Waals surface area contributed by atoms with Crippen LogP contribution in [-0.4, -0.2) is 53.2 Å². The molecule has 0 radical (unpaired) electrons. The van der Waals surface area contributed by atoms with Gasteiger partial charge in [0.25, 0.3) is 0 Å². The van der Waals surface area contributed by atoms with Gasteiger partial charge in [0.15, 0.2) is 0 Å². The van der Waals surface area contributed by atoms with Gasteiger partial charge in [-0.05, 0) is 59.9 Å². The number of aryl methyl sites for hydroxylation is 1. The number of nitrogens with zero attached hydrogens (tertiary/aromatic N) is 2. The van der Waals surface area contributed by atoms with E-state index in [-0.39, 0.29) is 30.6 Å². The minimum absolute atomic E-state index is 0.0112. The normalized spacial score (nSPS) is 20.2. The molecule has 1 fully saturated rings. The molecule has 0 aromatic carbocycles. The Morgan fingerprint density at radius 1 is 1.28 bits per heavy atom. The van der Waals surface area contributed by atoms with E-state index in [1.807, 2.05) is 60.6 Å². The number of rotatable bonds is 5. The Morgan fingerprint density at radius 2 is 1.97 bits per heavy atom. The second-order valence-corrected chi connectivity index (χ2v) is 9.57. The fourth-order valence-electron chi connectivity index (χ4n) is 3.15. The summed E-state index contributed by atoms with van der Waals surface area (Å²) in [5.41, 5.74) is -0.278. The summed E-state index contributed by atoms with van der Waals surface area (Å²) in [7, 11) is 0. The fourth-order valence-corrected chi connectivity index (χ4v) is 3.15. The maximum atomic E-state index is 12.9. The van der Waals surface area contributed by atoms with Crippen molar-refractivity contribution in [1.82, 2.24) is 15.2 Å². The number of aromatic nitrogens is 1. The quantitative estimate of drug-likeness (QED) is 0.810. The minimum Gasteiger partial charge on any atom is -0.476 e. The number of hydrogen-bond donors (Lipinski definition) is 1. The fraction of sp³-hybridized carbons (Fsp3) is 0.682. The average Bonchev–Trinajstić information content (AvgIpc) is 2.61. The molecule has 0 saturated carbocycles. The van der Waals surface area contributed by atoms with E-state index in [9.17, 15) is 9.59 Å². The number of amides is 2. The molecule has 1 aromatic rings. The molecule has 1 aromatic heterocycles. The van der Waals surface area contributed by atoms with Crippen LogP contribution in [0.1, 0.15) is 53.5 Å². The molecule has 0 bridgehead atoms. The molecule has 29 heavy (non-hydrogen) atoms. The van der Waals surface area contributed by atoms with Gasteiger partial charge in [-0.15, -0.1) is 0 Å². The van der Waals surface area contributed by atoms with Gasteiger partial charge in [0, 0.05) is 30.9 Å². The van der Waals surface area contributed by atoms with E-state index in [1.54, 1.807) is 11.1 Å². The molecule has 2 amide bonds. The molecule has 0 aliphatic carbocycles. The van der Waals surface area contributed by atoms with Crippen molar-refractivity contribution in [3.8, 4) is 5.88 Å². The number of carbonyl (C=O) groups is 2. The summed E-state index contributed by atoms with van der Waals surface area (Å²) >= 11 is 0. The lowest BCUT2D eigenvalue weighted by molar-refractivity contribution is -0.132. The van der Waals surface area contributed by atoms with Gasteiger partial charge >= 0.3 is 6.09 Å². The summed E-state index contributed by atoms with van der Waals surface area (Å²) in [6, 6.07) is 3.79. The largest absolute Gasteiger partial charge is 0.476 e. The van der Waals surface area contributed by atoms with Crippen LogP contribution >= 0.6 is 0 Å². The van der Waals surface area contributed by atoms with Crippen molar-refractivity contribution in [1.29, 1.82) is 0 Å². The van der Waals surface area contributed by atoms with Gasteiger partial charge in [-0.2, -0.15) is 0 Å². The molecule has 2 heterocycles. The Kier molecular flexibility index (Phi) is 7.14. The van der Waals surface area contributed by atoms with Crippen molar-refractivity contribution < 1.29 is 19.1 Å². The van der Waals surface area contributed by atoms with Crippen LogP contribution in [0, 0.1) is 18.3 Å². The molecule has 0 unspecified atom stereocenters. The van der Waals surface area contributed by atoms with Gasteiger partial charge in [0.2, 0.25) is 11.8 Å². The molecule has 1 aliphatic heterocycles. The van der Waals surface area contributed by atoms with Gasteiger partial charge in [0.1, 0.15) is 12.2 Å². The average molecular weight is 406 g/mol. The lowest BCUT2D eigenvalue weighted by atomic mass is 9.89. The molecular formula is C22H35N3O4. The molecule has 0 spiro atoms. The van der Waals surface area contributed by atoms with E-state index in [0.29, 0.717) is 25.4 Å². The number of carbonyl (C=O) groups excluding carboxylic acids is 2. The van der Waals surface area contributed by atoms with Crippen molar-refractivity contribution in [3.05, 3.63) is 23.9 Å². The first kappa shape index (κ1) is 23.0. The Balaban J connectivity index is 1.88. The van der Waals surface area contributed by atoms with Crippen molar-refractivity contribution in [2.24, 2.45) is 11.3 Å². The molecule has 1 N–H and O–H groups in total. The lowest BCUT2D eigenvalue weighted by Crippen LogP contribution is -2.54. The lowest BCUT2D eigenvalue weighted by Gasteiger charge is -2.39. The van der Waals surface area contributed by atoms with Crippen LogP contribution in [0.5, 0.6) is 5.88 Å². The van der Waals surface area contributed by atoms with E-state index in [2.05, 4.69) is 10.3 Å². The van der Waals surface area contributed by atoms with Crippen molar-refractivity contribution in [2.75, 3.05) is 19.7 Å². The maximum absolute atomic E-state index is 12.9. The Labute approximate surface area is 174 Å². The molecule has 162 valence electrons. The van der Waals surface area contributed by atoms with Gasteiger partial charge in [-0.3, -0.25) is 4.79 Å². The first-order valence-corrected chi connectivity index (χ1v) is 10.2. The molecule has 2 rings (SSSR count). The number of nitrogens with one attached hydrogen (secondary N) is 1. The highest BCUT2D eigenvalue weighted by Gasteiger charge is 2.36. The van der Waals surface area contributed by atoms with Gasteiger partial charge in [-0.25, -0.2) is 9.78 Å². The van der Waals surface area contributed by atoms with Crippen molar-refractivity contribution in [2.45, 2.75) is 66.5 Å². The molecular weight excluding hydrogens is 370 g/mol. The van der Waals surface area contributed by atoms with Gasteiger partial charge < -0.3 is 19.7 Å². The Hall–Kier alpha value is -2.31. The minimum atomic E-state index is -0.702. The summed E-state index contributed by atoms with van der Waals surface area (Å²) in [4.78, 5) is 31.1. The van der Waals surface area contributed by atoms with Crippen LogP contribution in [0.4, 0.5) is 4.79 Å². The summed E-state index contributed by atoms with van der Waals surface area (Å²) < 4.78 is 11.2. The van der Waals surface area contributed by atoms with Gasteiger partial charge in [-0.1, -0.05) is 13.0 Å². The summed E-state index contributed by atoms with van der Waals surface area (Å²) in [6.07, 6.45) is 2.08. The maximum Gasteiger partial charge on any atom is 0.410 e. The van der Waals surface area contributed by atoms with Crippen LogP contribution in [-0.2, 0) is 9.53 Å². The van der Waals surface area contributed by atoms with Crippen molar-refractivity contribution >= 4 is 12.0 Å². The monoisotopic (exact) mass is 405 g/mol. The van der Waals surface area contributed by atoms with Crippen LogP contribution < -0.4 is 10.1 Å². The molecule has 7 heteroatoms. The second kappa shape index (κ2) is 9.01. The number of piperidine rings is 1. The Morgan fingerprint density at radius 3 is 2.55 bits per heavy atom. The van der Waals surface area contributed by atoms with Crippen LogP contribution in [0.25, 0.3) is 0 Å². The third-order valence-corrected chi connectivity index (χ3v) is 5.02. The zero-order valence-corrected chi connectivity index (χ0v) is 18.7. The molecule has 1 saturated heterocycles. The third-order valence-electron chi connectivity index (χ3n) is 5.02. The molecule has 1 aliphatic rings. The summed E-state index contributed by atoms with van der Waals surface area (Å²) in [6.45, 7) is 14.6. The summed E-state index contributed by atoms with van der Waals surface area (Å²) in [5.74, 6) is 0.621. The predicted molar refractivity (Wildman–Crippen MR) is 112 cm³/mol. The SMILES string of the molecule is Cc1cccnc1OCC(C)(C)C(=O)N[C@@H]1CCN(C(=O)OC(C)(C)C)C[C@H]1C. The van der Waals surface area contributed by atoms with Crippen molar-refractivity contribution in [3.63, 3.8) is 0 Å². The van der Waals surface area contributed by atoms with Crippen LogP contribution in [0.3, 0.4) is 0 Å². The Bertz CT molecular complexity index is 727. The van der Waals surface area contributed by atoms with E-state index in [0.717, 1.165) is 5.56 Å². The first-order valence-electron chi connectivity index (χ1n) is 10.2. The highest BCUT2D eigenvalue weighted by atomic mass is 16.6. The summed E-state index contributed by atoms with van der Waals surface area (Å²) in [5, 5.41) is 3.15. The smallest absolute Gasteiger partial charge is 0.410 e. The van der Waals surface area contributed by atoms with E-state index in [1.165, 1.54) is 0 Å². The van der Waals surface area contributed by atoms with E-state index >= 15 is 0 Å². The highest BCUT2D eigenvalue weighted by Crippen LogP contribution is 2.23. The zero-order chi connectivity index (χ0) is 21.8. The topological polar surface area (TPSA) is 80.8 Å². The molecule has 2 atom stereocenters. The molecule has 7 nitrogen and oxygen atoms in total. The van der Waals surface area contributed by atoms with Crippen LogP contribution in [0.15, 0.2) is 18.3 Å². The number of likely N-dealkylation sites (tertiary alicyclic amines) is 1. The standard InChI is InChI=1S/C22H35N3O4/c1-15-9-8-11-23-18(15)28-14-22(6,7)19(26)24-17-10-12-25(13-16(17)2)20(27)29-21(3,4)5/h8-9,11,16-17H,10,12-14H2,1-7H3,(H,24,26)/t16-,17-/m1/s1. The third kappa shape index (κ3) is 6.61. The zero-order valence-electron chi connectivity index (χ0n) is 18.7. The van der Waals surface area contributed by atoms with Crippen LogP contribution in [0.2, 0.25) is 0 Å². The number of pyridine rings is 1. The second-order valence-electron chi connectivity index (χ2n) is 9.57. The first-order chi connectivity index (χ1) is 13.4.